The lowest BCUT2D eigenvalue weighted by Gasteiger charge is -2.29. The summed E-state index contributed by atoms with van der Waals surface area (Å²) in [7, 11) is -3.70. The molecule has 4 N–H and O–H groups in total. The zero-order valence-electron chi connectivity index (χ0n) is 25.9. The fourth-order valence-corrected chi connectivity index (χ4v) is 7.80. The molecule has 0 heterocycles. The van der Waals surface area contributed by atoms with Crippen LogP contribution in [0.15, 0.2) is 29.7 Å². The molecule has 0 spiro atoms. The lowest BCUT2D eigenvalue weighted by Crippen LogP contribution is -2.35. The fraction of sp³-hybridized carbons (Fsp3) is 0.636. The number of aliphatic carboxylic acids is 3. The summed E-state index contributed by atoms with van der Waals surface area (Å²) in [5, 5.41) is 31.4. The van der Waals surface area contributed by atoms with Crippen LogP contribution in [0.5, 0.6) is 0 Å². The molecule has 2 fully saturated rings. The van der Waals surface area contributed by atoms with E-state index in [4.69, 9.17) is 5.11 Å². The number of sulfonamides is 1. The first-order valence-electron chi connectivity index (χ1n) is 16.2. The first-order valence-corrected chi connectivity index (χ1v) is 17.7. The molecule has 3 rings (SSSR count). The van der Waals surface area contributed by atoms with Crippen LogP contribution < -0.4 is 5.32 Å². The van der Waals surface area contributed by atoms with Crippen molar-refractivity contribution in [1.82, 2.24) is 4.31 Å². The van der Waals surface area contributed by atoms with Crippen molar-refractivity contribution in [2.75, 3.05) is 18.4 Å². The normalized spacial score (nSPS) is 19.6. The van der Waals surface area contributed by atoms with Crippen LogP contribution in [0.3, 0.4) is 0 Å². The number of carboxylic acids is 3. The molecule has 0 atom stereocenters. The first kappa shape index (κ1) is 36.2. The predicted octanol–water partition coefficient (Wildman–Crippen LogP) is 5.82. The summed E-state index contributed by atoms with van der Waals surface area (Å²) in [6, 6.07) is 6.79. The van der Waals surface area contributed by atoms with Gasteiger partial charge in [-0.15, -0.1) is 0 Å². The average Bonchev–Trinajstić information content (AvgIpc) is 3.00. The molecular formula is C33H48N2O9S. The highest BCUT2D eigenvalue weighted by Crippen LogP contribution is 2.34. The maximum absolute atomic E-state index is 13.3. The predicted molar refractivity (Wildman–Crippen MR) is 171 cm³/mol. The third-order valence-corrected chi connectivity index (χ3v) is 10.7. The van der Waals surface area contributed by atoms with E-state index >= 15 is 0 Å². The number of carbonyl (C=O) groups excluding carboxylic acids is 1. The number of anilines is 1. The third-order valence-electron chi connectivity index (χ3n) is 9.16. The summed E-state index contributed by atoms with van der Waals surface area (Å²) in [6.45, 7) is 0.777. The van der Waals surface area contributed by atoms with Crippen LogP contribution in [0.1, 0.15) is 102 Å². The summed E-state index contributed by atoms with van der Waals surface area (Å²) in [6.07, 6.45) is 12.8. The van der Waals surface area contributed by atoms with E-state index in [1.54, 1.807) is 24.3 Å². The summed E-state index contributed by atoms with van der Waals surface area (Å²) in [5.41, 5.74) is 1.19. The number of carboxylic acid groups (broad SMARTS) is 3. The minimum absolute atomic E-state index is 0.0753. The van der Waals surface area contributed by atoms with E-state index in [0.29, 0.717) is 75.2 Å². The van der Waals surface area contributed by atoms with Gasteiger partial charge in [-0.3, -0.25) is 19.2 Å². The Hall–Kier alpha value is -3.25. The molecule has 1 aromatic carbocycles. The van der Waals surface area contributed by atoms with E-state index in [1.165, 1.54) is 47.9 Å². The molecule has 0 unspecified atom stereocenters. The van der Waals surface area contributed by atoms with Gasteiger partial charge >= 0.3 is 17.9 Å². The van der Waals surface area contributed by atoms with Crippen LogP contribution in [0, 0.1) is 23.7 Å². The lowest BCUT2D eigenvalue weighted by atomic mass is 9.75. The molecule has 0 radical (unpaired) electrons. The number of rotatable bonds is 18. The number of nitrogens with zero attached hydrogens (tertiary/aromatic N) is 1. The fourth-order valence-electron chi connectivity index (χ4n) is 6.54. The molecule has 12 heteroatoms. The van der Waals surface area contributed by atoms with Crippen LogP contribution >= 0.6 is 0 Å². The Morgan fingerprint density at radius 3 is 2.04 bits per heavy atom. The van der Waals surface area contributed by atoms with Crippen LogP contribution in [-0.4, -0.2) is 64.9 Å². The molecule has 0 bridgehead atoms. The Morgan fingerprint density at radius 2 is 1.44 bits per heavy atom. The standard InChI is InChI=1S/C33H48N2O9S/c36-29(37)11-5-2-6-21-35(22-7-10-24-8-3-1-4-9-24)45(43,44)23-20-25-12-18-28(19-13-25)34-31(38)27-16-14-26(15-17-27)30(32(39)40)33(41)42/h12-13,18-20,23-24,26-27,30H,1-11,14-17,21-22H2,(H,34,38)(H,36,37)(H,39,40)(H,41,42)/b23-20+. The van der Waals surface area contributed by atoms with Gasteiger partial charge in [-0.1, -0.05) is 50.7 Å². The van der Waals surface area contributed by atoms with Gasteiger partial charge in [0.1, 0.15) is 0 Å². The smallest absolute Gasteiger partial charge is 0.318 e. The third kappa shape index (κ3) is 12.2. The highest BCUT2D eigenvalue weighted by atomic mass is 32.2. The number of nitrogens with one attached hydrogen (secondary N) is 1. The van der Waals surface area contributed by atoms with E-state index < -0.39 is 39.8 Å². The quantitative estimate of drug-likeness (QED) is 0.113. The van der Waals surface area contributed by atoms with Crippen molar-refractivity contribution in [3.63, 3.8) is 0 Å². The van der Waals surface area contributed by atoms with Crippen molar-refractivity contribution in [2.45, 2.75) is 96.3 Å². The molecule has 250 valence electrons. The minimum atomic E-state index is -3.70. The van der Waals surface area contributed by atoms with Gasteiger partial charge < -0.3 is 20.6 Å². The van der Waals surface area contributed by atoms with Gasteiger partial charge in [-0.05, 0) is 87.0 Å². The Balaban J connectivity index is 1.53. The number of carbonyl (C=O) groups is 4. The van der Waals surface area contributed by atoms with Crippen LogP contribution in [0.25, 0.3) is 6.08 Å². The highest BCUT2D eigenvalue weighted by molar-refractivity contribution is 7.92. The van der Waals surface area contributed by atoms with Gasteiger partial charge in [0.05, 0.1) is 0 Å². The van der Waals surface area contributed by atoms with E-state index in [2.05, 4.69) is 5.32 Å². The molecule has 45 heavy (non-hydrogen) atoms. The zero-order valence-corrected chi connectivity index (χ0v) is 26.8. The van der Waals surface area contributed by atoms with Crippen molar-refractivity contribution in [3.8, 4) is 0 Å². The summed E-state index contributed by atoms with van der Waals surface area (Å²) < 4.78 is 28.1. The van der Waals surface area contributed by atoms with E-state index in [0.717, 1.165) is 12.8 Å². The molecule has 0 saturated heterocycles. The van der Waals surface area contributed by atoms with Crippen molar-refractivity contribution < 1.29 is 42.9 Å². The first-order chi connectivity index (χ1) is 21.5. The van der Waals surface area contributed by atoms with Crippen LogP contribution in [0.2, 0.25) is 0 Å². The van der Waals surface area contributed by atoms with Gasteiger partial charge in [0.2, 0.25) is 15.9 Å². The highest BCUT2D eigenvalue weighted by Gasteiger charge is 2.38. The number of amides is 1. The molecule has 2 aliphatic carbocycles. The lowest BCUT2D eigenvalue weighted by molar-refractivity contribution is -0.158. The second-order valence-electron chi connectivity index (χ2n) is 12.5. The van der Waals surface area contributed by atoms with Crippen molar-refractivity contribution in [2.24, 2.45) is 23.7 Å². The summed E-state index contributed by atoms with van der Waals surface area (Å²) in [4.78, 5) is 46.3. The number of benzene rings is 1. The topological polar surface area (TPSA) is 178 Å². The van der Waals surface area contributed by atoms with E-state index in [-0.39, 0.29) is 18.2 Å². The molecule has 0 aromatic heterocycles. The van der Waals surface area contributed by atoms with Gasteiger partial charge in [0, 0.05) is 36.5 Å². The summed E-state index contributed by atoms with van der Waals surface area (Å²) in [5.74, 6) is -5.43. The molecule has 0 aliphatic heterocycles. The van der Waals surface area contributed by atoms with Gasteiger partial charge in [0.15, 0.2) is 5.92 Å². The van der Waals surface area contributed by atoms with Crippen molar-refractivity contribution in [3.05, 3.63) is 35.2 Å². The van der Waals surface area contributed by atoms with Crippen LogP contribution in [-0.2, 0) is 29.2 Å². The molecule has 11 nitrogen and oxygen atoms in total. The molecule has 2 saturated carbocycles. The van der Waals surface area contributed by atoms with Crippen molar-refractivity contribution in [1.29, 1.82) is 0 Å². The maximum atomic E-state index is 13.3. The number of hydrogen-bond donors (Lipinski definition) is 4. The number of unbranched alkanes of at least 4 members (excludes halogenated alkanes) is 2. The second kappa shape index (κ2) is 18.0. The van der Waals surface area contributed by atoms with Gasteiger partial charge in [0.25, 0.3) is 0 Å². The minimum Gasteiger partial charge on any atom is -0.481 e. The van der Waals surface area contributed by atoms with E-state index in [9.17, 15) is 37.8 Å². The Kier molecular flexibility index (Phi) is 14.5. The number of hydrogen-bond acceptors (Lipinski definition) is 6. The van der Waals surface area contributed by atoms with E-state index in [1.807, 2.05) is 0 Å². The molecule has 1 amide bonds. The largest absolute Gasteiger partial charge is 0.481 e. The zero-order chi connectivity index (χ0) is 32.8. The molecule has 2 aliphatic rings. The van der Waals surface area contributed by atoms with Crippen LogP contribution in [0.4, 0.5) is 5.69 Å². The Bertz CT molecular complexity index is 1250. The van der Waals surface area contributed by atoms with Gasteiger partial charge in [-0.25, -0.2) is 8.42 Å². The molecular weight excluding hydrogens is 600 g/mol. The van der Waals surface area contributed by atoms with Crippen molar-refractivity contribution >= 4 is 45.6 Å². The maximum Gasteiger partial charge on any atom is 0.318 e. The van der Waals surface area contributed by atoms with Gasteiger partial charge in [-0.2, -0.15) is 4.31 Å². The monoisotopic (exact) mass is 648 g/mol. The SMILES string of the molecule is O=C(O)CCCCCN(CCCC1CCCCC1)S(=O)(=O)/C=C/c1ccc(NC(=O)C2CCC(C(C(=O)O)C(=O)O)CC2)cc1. The molecule has 1 aromatic rings. The Labute approximate surface area is 266 Å². The Morgan fingerprint density at radius 1 is 0.822 bits per heavy atom. The summed E-state index contributed by atoms with van der Waals surface area (Å²) >= 11 is 0. The average molecular weight is 649 g/mol. The second-order valence-corrected chi connectivity index (χ2v) is 14.3.